The van der Waals surface area contributed by atoms with E-state index in [2.05, 4.69) is 36.8 Å². The fourth-order valence-electron chi connectivity index (χ4n) is 5.48. The number of aliphatic hydroxyl groups is 2. The van der Waals surface area contributed by atoms with Crippen LogP contribution in [0.4, 0.5) is 11.8 Å². The Bertz CT molecular complexity index is 1910. The highest BCUT2D eigenvalue weighted by Gasteiger charge is 2.54. The smallest absolute Gasteiger partial charge is 0.386 e. The van der Waals surface area contributed by atoms with E-state index in [1.54, 1.807) is 0 Å². The lowest BCUT2D eigenvalue weighted by atomic mass is 10.1. The highest BCUT2D eigenvalue weighted by molar-refractivity contribution is 7.47. The van der Waals surface area contributed by atoms with Gasteiger partial charge in [-0.25, -0.2) is 19.1 Å². The summed E-state index contributed by atoms with van der Waals surface area (Å²) in [6.45, 7) is 2.13. The second-order valence-electron chi connectivity index (χ2n) is 10.5. The molecule has 0 aromatic carbocycles. The molecule has 10 N–H and O–H groups in total. The van der Waals surface area contributed by atoms with Crippen LogP contribution in [0.3, 0.4) is 0 Å². The zero-order chi connectivity index (χ0) is 32.7. The van der Waals surface area contributed by atoms with Crippen LogP contribution >= 0.6 is 15.6 Å². The second kappa shape index (κ2) is 11.0. The number of aromatic nitrogens is 6. The van der Waals surface area contributed by atoms with Crippen molar-refractivity contribution in [1.29, 1.82) is 0 Å². The first-order valence-electron chi connectivity index (χ1n) is 13.3. The van der Waals surface area contributed by atoms with Crippen LogP contribution < -0.4 is 22.3 Å². The van der Waals surface area contributed by atoms with Crippen molar-refractivity contribution in [1.82, 2.24) is 34.4 Å². The van der Waals surface area contributed by atoms with Crippen molar-refractivity contribution in [2.24, 2.45) is 10.7 Å². The monoisotopic (exact) mass is 688 g/mol. The van der Waals surface area contributed by atoms with E-state index in [0.29, 0.717) is 5.70 Å². The van der Waals surface area contributed by atoms with Gasteiger partial charge in [0, 0.05) is 0 Å². The quantitative estimate of drug-likeness (QED) is 0.131. The number of imidazole rings is 2. The van der Waals surface area contributed by atoms with Crippen molar-refractivity contribution in [3.05, 3.63) is 35.3 Å². The first-order chi connectivity index (χ1) is 21.7. The van der Waals surface area contributed by atoms with Gasteiger partial charge < -0.3 is 46.3 Å². The van der Waals surface area contributed by atoms with E-state index in [-0.39, 0.29) is 34.6 Å². The molecule has 3 saturated heterocycles. The molecule has 7 heterocycles. The standard InChI is InChI=1S/C21H26N10O13P2/c1-6-9-15(27-20(22)26-6)30(4-24-9)18-11(32)13-7(41-18)2-39-46(37,38)44-14-8(3-40-45(35,36)43-13)42-19(12(14)33)31-5-25-10-16(31)28-21(23)29-17(10)34/h4-5,7-8,11-14,18-19,32-33H,1-3H2,(H,35,36)(H,37,38)(H3,22,26,27)(H3,23,28,29,34)/t7-,8-,11+,12+,13?,14?,18-,19-/m1/s1. The fourth-order valence-corrected chi connectivity index (χ4v) is 7.41. The van der Waals surface area contributed by atoms with E-state index in [1.807, 2.05) is 0 Å². The molecule has 0 aliphatic carbocycles. The van der Waals surface area contributed by atoms with Gasteiger partial charge >= 0.3 is 15.6 Å². The van der Waals surface area contributed by atoms with E-state index in [4.69, 9.17) is 39.0 Å². The van der Waals surface area contributed by atoms with E-state index < -0.39 is 83.5 Å². The molecule has 7 rings (SSSR count). The molecule has 3 aromatic rings. The number of hydrogen-bond donors (Lipinski definition) is 8. The lowest BCUT2D eigenvalue weighted by molar-refractivity contribution is -0.0666. The Balaban J connectivity index is 1.16. The number of aliphatic hydroxyl groups excluding tert-OH is 2. The van der Waals surface area contributed by atoms with Crippen molar-refractivity contribution in [2.45, 2.75) is 49.1 Å². The largest absolute Gasteiger partial charge is 0.472 e. The third-order valence-electron chi connectivity index (χ3n) is 7.49. The van der Waals surface area contributed by atoms with Crippen LogP contribution in [0.25, 0.3) is 16.9 Å². The Morgan fingerprint density at radius 2 is 1.50 bits per heavy atom. The molecular formula is C21H26N10O13P2. The van der Waals surface area contributed by atoms with Crippen molar-refractivity contribution in [2.75, 3.05) is 18.9 Å². The maximum absolute atomic E-state index is 13.1. The van der Waals surface area contributed by atoms with Crippen LogP contribution in [0, 0.1) is 0 Å². The van der Waals surface area contributed by atoms with Crippen LogP contribution in [-0.2, 0) is 36.7 Å². The molecule has 4 aliphatic heterocycles. The molecule has 0 saturated carbocycles. The van der Waals surface area contributed by atoms with Crippen molar-refractivity contribution in [3.63, 3.8) is 0 Å². The molecule has 25 heteroatoms. The van der Waals surface area contributed by atoms with Crippen LogP contribution in [-0.4, -0.2) is 105 Å². The first-order valence-corrected chi connectivity index (χ1v) is 16.3. The summed E-state index contributed by atoms with van der Waals surface area (Å²) in [5.41, 5.74) is 11.0. The number of ether oxygens (including phenoxy) is 2. The van der Waals surface area contributed by atoms with Crippen LogP contribution in [0.1, 0.15) is 18.1 Å². The molecule has 3 fully saturated rings. The van der Waals surface area contributed by atoms with Crippen LogP contribution in [0.2, 0.25) is 0 Å². The van der Waals surface area contributed by atoms with Gasteiger partial charge in [-0.05, 0) is 0 Å². The van der Waals surface area contributed by atoms with Crippen LogP contribution in [0.5, 0.6) is 0 Å². The third-order valence-corrected chi connectivity index (χ3v) is 9.46. The minimum atomic E-state index is -5.07. The van der Waals surface area contributed by atoms with Gasteiger partial charge in [-0.3, -0.25) is 37.0 Å². The number of rotatable bonds is 2. The Labute approximate surface area is 255 Å². The molecule has 4 aliphatic rings. The van der Waals surface area contributed by atoms with Crippen molar-refractivity contribution >= 4 is 50.2 Å². The summed E-state index contributed by atoms with van der Waals surface area (Å²) in [6, 6.07) is 0. The summed E-state index contributed by atoms with van der Waals surface area (Å²) in [7, 11) is -10.1. The summed E-state index contributed by atoms with van der Waals surface area (Å²) in [6.07, 6.45) is -10.3. The summed E-state index contributed by atoms with van der Waals surface area (Å²) >= 11 is 0. The topological polar surface area (TPSA) is 328 Å². The Morgan fingerprint density at radius 1 is 0.935 bits per heavy atom. The Kier molecular flexibility index (Phi) is 7.43. The van der Waals surface area contributed by atoms with Gasteiger partial charge in [0.25, 0.3) is 5.56 Å². The number of guanidine groups is 1. The lowest BCUT2D eigenvalue weighted by Gasteiger charge is -2.27. The average Bonchev–Trinajstić information content (AvgIpc) is 3.72. The predicted octanol–water partition coefficient (Wildman–Crippen LogP) is -2.35. The molecule has 4 unspecified atom stereocenters. The zero-order valence-electron chi connectivity index (χ0n) is 23.1. The Hall–Kier alpha value is -3.57. The summed E-state index contributed by atoms with van der Waals surface area (Å²) in [4.78, 5) is 52.0. The molecular weight excluding hydrogens is 662 g/mol. The van der Waals surface area contributed by atoms with Gasteiger partial charge in [0.2, 0.25) is 5.95 Å². The molecule has 0 spiro atoms. The third kappa shape index (κ3) is 5.35. The minimum Gasteiger partial charge on any atom is -0.386 e. The molecule has 0 radical (unpaired) electrons. The molecule has 248 valence electrons. The highest BCUT2D eigenvalue weighted by Crippen LogP contribution is 2.54. The minimum absolute atomic E-state index is 0.0306. The number of nitrogens with zero attached hydrogens (tertiary/aromatic N) is 6. The summed E-state index contributed by atoms with van der Waals surface area (Å²) in [5.74, 6) is -0.171. The molecule has 10 atom stereocenters. The number of nitrogens with two attached hydrogens (primary N) is 2. The van der Waals surface area contributed by atoms with Crippen LogP contribution in [0.15, 0.2) is 29.0 Å². The van der Waals surface area contributed by atoms with Crippen molar-refractivity contribution < 1.29 is 56.7 Å². The molecule has 0 bridgehead atoms. The summed E-state index contributed by atoms with van der Waals surface area (Å²) < 4.78 is 61.0. The van der Waals surface area contributed by atoms with E-state index in [9.17, 15) is 33.9 Å². The number of aromatic amines is 1. The number of phosphoric acid groups is 2. The average molecular weight is 688 g/mol. The molecule has 23 nitrogen and oxygen atoms in total. The number of H-pyrrole nitrogens is 1. The number of hydrogen-bond acceptors (Lipinski definition) is 18. The SMILES string of the molecule is C=C1NC(N)=Nc2c1ncn2[C@@H]1O[C@@H]2COP(=O)(O)OC3[C@@H](COP(=O)(O)OC2[C@@H]1O)O[C@@H](n1cnc2c(=O)[nH]c(N)nc21)[C@H]3O. The molecule has 0 amide bonds. The zero-order valence-corrected chi connectivity index (χ0v) is 24.9. The highest BCUT2D eigenvalue weighted by atomic mass is 31.2. The number of aliphatic imine (C=N–C) groups is 1. The van der Waals surface area contributed by atoms with Gasteiger partial charge in [0.1, 0.15) is 42.3 Å². The number of anilines is 1. The predicted molar refractivity (Wildman–Crippen MR) is 149 cm³/mol. The summed E-state index contributed by atoms with van der Waals surface area (Å²) in [5, 5.41) is 25.0. The van der Waals surface area contributed by atoms with E-state index >= 15 is 0 Å². The molecule has 46 heavy (non-hydrogen) atoms. The van der Waals surface area contributed by atoms with Crippen molar-refractivity contribution in [3.8, 4) is 0 Å². The number of fused-ring (bicyclic) bond motifs is 4. The van der Waals surface area contributed by atoms with Gasteiger partial charge in [-0.2, -0.15) is 9.98 Å². The number of nitrogen functional groups attached to an aromatic ring is 1. The van der Waals surface area contributed by atoms with Gasteiger partial charge in [-0.15, -0.1) is 0 Å². The second-order valence-corrected chi connectivity index (χ2v) is 13.3. The maximum atomic E-state index is 13.1. The molecule has 3 aromatic heterocycles. The lowest BCUT2D eigenvalue weighted by Crippen LogP contribution is -2.39. The van der Waals surface area contributed by atoms with E-state index in [1.165, 1.54) is 10.9 Å². The number of nitrogens with one attached hydrogen (secondary N) is 2. The first kappa shape index (κ1) is 31.1. The van der Waals surface area contributed by atoms with Gasteiger partial charge in [0.15, 0.2) is 35.4 Å². The fraction of sp³-hybridized carbons (Fsp3) is 0.476. The maximum Gasteiger partial charge on any atom is 0.472 e. The number of phosphoric ester groups is 2. The van der Waals surface area contributed by atoms with Gasteiger partial charge in [0.05, 0.1) is 31.6 Å². The van der Waals surface area contributed by atoms with Gasteiger partial charge in [-0.1, -0.05) is 6.58 Å². The van der Waals surface area contributed by atoms with E-state index in [0.717, 1.165) is 10.9 Å². The normalized spacial score (nSPS) is 38.3. The Morgan fingerprint density at radius 3 is 2.11 bits per heavy atom.